The monoisotopic (exact) mass is 193 g/mol. The summed E-state index contributed by atoms with van der Waals surface area (Å²) in [5, 5.41) is 0. The van der Waals surface area contributed by atoms with E-state index in [-0.39, 0.29) is 0 Å². The van der Waals surface area contributed by atoms with Crippen LogP contribution < -0.4 is 4.57 Å². The zero-order chi connectivity index (χ0) is 10.2. The lowest BCUT2D eigenvalue weighted by Crippen LogP contribution is -2.39. The zero-order valence-corrected chi connectivity index (χ0v) is 9.32. The third-order valence-corrected chi connectivity index (χ3v) is 2.56. The largest absolute Gasteiger partial charge is 0.286 e. The average Bonchev–Trinajstić information content (AvgIpc) is 2.25. The highest BCUT2D eigenvalue weighted by Crippen LogP contribution is 2.13. The Hall–Kier alpha value is -0.920. The maximum absolute atomic E-state index is 4.16. The SMILES string of the molecule is CCCCC(CCC)[n+]1cccnc1. The Morgan fingerprint density at radius 2 is 2.07 bits per heavy atom. The number of hydrogen-bond acceptors (Lipinski definition) is 1. The summed E-state index contributed by atoms with van der Waals surface area (Å²) in [4.78, 5) is 4.16. The predicted molar refractivity (Wildman–Crippen MR) is 57.9 cm³/mol. The lowest BCUT2D eigenvalue weighted by atomic mass is 10.1. The molecule has 0 bridgehead atoms. The van der Waals surface area contributed by atoms with Crippen LogP contribution in [-0.2, 0) is 0 Å². The van der Waals surface area contributed by atoms with Gasteiger partial charge in [-0.1, -0.05) is 31.7 Å². The van der Waals surface area contributed by atoms with Gasteiger partial charge >= 0.3 is 0 Å². The molecule has 14 heavy (non-hydrogen) atoms. The first-order valence-corrected chi connectivity index (χ1v) is 5.69. The second-order valence-electron chi connectivity index (χ2n) is 3.79. The molecule has 0 aliphatic heterocycles. The Balaban J connectivity index is 2.58. The Morgan fingerprint density at radius 1 is 1.21 bits per heavy atom. The normalized spacial score (nSPS) is 12.7. The van der Waals surface area contributed by atoms with Crippen molar-refractivity contribution in [2.24, 2.45) is 0 Å². The number of nitrogens with zero attached hydrogens (tertiary/aromatic N) is 2. The molecule has 0 aliphatic carbocycles. The lowest BCUT2D eigenvalue weighted by Gasteiger charge is -2.12. The smallest absolute Gasteiger partial charge is 0.235 e. The van der Waals surface area contributed by atoms with Crippen molar-refractivity contribution in [2.45, 2.75) is 52.0 Å². The Morgan fingerprint density at radius 3 is 2.64 bits per heavy atom. The average molecular weight is 193 g/mol. The molecule has 1 aromatic heterocycles. The zero-order valence-electron chi connectivity index (χ0n) is 9.32. The van der Waals surface area contributed by atoms with E-state index < -0.39 is 0 Å². The van der Waals surface area contributed by atoms with Gasteiger partial charge in [-0.25, -0.2) is 4.57 Å². The van der Waals surface area contributed by atoms with Crippen molar-refractivity contribution in [3.05, 3.63) is 24.8 Å². The summed E-state index contributed by atoms with van der Waals surface area (Å²) in [6.45, 7) is 4.49. The molecule has 0 radical (unpaired) electrons. The van der Waals surface area contributed by atoms with Crippen LogP contribution in [0, 0.1) is 0 Å². The van der Waals surface area contributed by atoms with Gasteiger partial charge in [0.05, 0.1) is 6.20 Å². The van der Waals surface area contributed by atoms with E-state index in [2.05, 4.69) is 29.6 Å². The molecule has 1 heterocycles. The van der Waals surface area contributed by atoms with Gasteiger partial charge in [0.1, 0.15) is 12.2 Å². The van der Waals surface area contributed by atoms with Crippen LogP contribution in [0.25, 0.3) is 0 Å². The highest BCUT2D eigenvalue weighted by atomic mass is 15.0. The van der Waals surface area contributed by atoms with Gasteiger partial charge in [-0.3, -0.25) is 0 Å². The van der Waals surface area contributed by atoms with E-state index in [0.29, 0.717) is 6.04 Å². The van der Waals surface area contributed by atoms with Crippen molar-refractivity contribution >= 4 is 0 Å². The molecule has 1 aromatic rings. The summed E-state index contributed by atoms with van der Waals surface area (Å²) in [6, 6.07) is 2.66. The third kappa shape index (κ3) is 3.44. The molecule has 0 aliphatic rings. The molecule has 0 aromatic carbocycles. The Bertz CT molecular complexity index is 233. The van der Waals surface area contributed by atoms with E-state index >= 15 is 0 Å². The van der Waals surface area contributed by atoms with Crippen molar-refractivity contribution in [3.8, 4) is 0 Å². The van der Waals surface area contributed by atoms with Crippen LogP contribution in [0.2, 0.25) is 0 Å². The lowest BCUT2D eigenvalue weighted by molar-refractivity contribution is -0.727. The van der Waals surface area contributed by atoms with Gasteiger partial charge in [0, 0.05) is 6.07 Å². The fourth-order valence-electron chi connectivity index (χ4n) is 1.77. The first kappa shape index (κ1) is 11.2. The van der Waals surface area contributed by atoms with Crippen molar-refractivity contribution in [3.63, 3.8) is 0 Å². The van der Waals surface area contributed by atoms with E-state index in [4.69, 9.17) is 0 Å². The van der Waals surface area contributed by atoms with Gasteiger partial charge in [0.25, 0.3) is 6.33 Å². The van der Waals surface area contributed by atoms with Gasteiger partial charge in [0.2, 0.25) is 0 Å². The van der Waals surface area contributed by atoms with Crippen LogP contribution in [0.1, 0.15) is 52.0 Å². The van der Waals surface area contributed by atoms with Gasteiger partial charge in [-0.15, -0.1) is 0 Å². The first-order valence-electron chi connectivity index (χ1n) is 5.69. The second-order valence-corrected chi connectivity index (χ2v) is 3.79. The molecule has 0 fully saturated rings. The van der Waals surface area contributed by atoms with E-state index in [0.717, 1.165) is 0 Å². The maximum atomic E-state index is 4.16. The topological polar surface area (TPSA) is 16.8 Å². The molecule has 1 atom stereocenters. The minimum atomic E-state index is 0.647. The van der Waals surface area contributed by atoms with Gasteiger partial charge in [0.15, 0.2) is 0 Å². The van der Waals surface area contributed by atoms with Crippen LogP contribution in [-0.4, -0.2) is 4.98 Å². The summed E-state index contributed by atoms with van der Waals surface area (Å²) in [5.41, 5.74) is 0. The second kappa shape index (κ2) is 6.52. The van der Waals surface area contributed by atoms with Crippen LogP contribution in [0.15, 0.2) is 24.8 Å². The van der Waals surface area contributed by atoms with Crippen LogP contribution >= 0.6 is 0 Å². The molecule has 0 N–H and O–H groups in total. The summed E-state index contributed by atoms with van der Waals surface area (Å²) in [7, 11) is 0. The number of aromatic nitrogens is 2. The molecule has 0 saturated carbocycles. The molecule has 2 nitrogen and oxygen atoms in total. The van der Waals surface area contributed by atoms with Gasteiger partial charge in [-0.2, -0.15) is 0 Å². The highest BCUT2D eigenvalue weighted by Gasteiger charge is 2.12. The number of hydrogen-bond donors (Lipinski definition) is 0. The Kier molecular flexibility index (Phi) is 5.20. The standard InChI is InChI=1S/C12H21N2/c1-3-5-8-12(7-4-2)14-10-6-9-13-11-14/h6,9-12H,3-5,7-8H2,1-2H3/q+1. The summed E-state index contributed by atoms with van der Waals surface area (Å²) >= 11 is 0. The van der Waals surface area contributed by atoms with E-state index in [1.54, 1.807) is 0 Å². The maximum Gasteiger partial charge on any atom is 0.286 e. The van der Waals surface area contributed by atoms with Crippen molar-refractivity contribution in [1.82, 2.24) is 4.98 Å². The number of unbranched alkanes of at least 4 members (excludes halogenated alkanes) is 1. The van der Waals surface area contributed by atoms with Crippen LogP contribution in [0.3, 0.4) is 0 Å². The Labute approximate surface area is 87.0 Å². The first-order chi connectivity index (χ1) is 6.88. The number of rotatable bonds is 6. The molecule has 1 unspecified atom stereocenters. The summed E-state index contributed by atoms with van der Waals surface area (Å²) < 4.78 is 2.25. The molecule has 0 amide bonds. The summed E-state index contributed by atoms with van der Waals surface area (Å²) in [5.74, 6) is 0. The highest BCUT2D eigenvalue weighted by molar-refractivity contribution is 4.70. The van der Waals surface area contributed by atoms with E-state index in [1.807, 2.05) is 18.6 Å². The third-order valence-electron chi connectivity index (χ3n) is 2.56. The minimum Gasteiger partial charge on any atom is -0.235 e. The minimum absolute atomic E-state index is 0.647. The van der Waals surface area contributed by atoms with Crippen LogP contribution in [0.5, 0.6) is 0 Å². The molecule has 1 rings (SSSR count). The van der Waals surface area contributed by atoms with Crippen molar-refractivity contribution in [2.75, 3.05) is 0 Å². The summed E-state index contributed by atoms with van der Waals surface area (Å²) in [6.07, 6.45) is 12.3. The molecule has 0 spiro atoms. The van der Waals surface area contributed by atoms with Crippen molar-refractivity contribution in [1.29, 1.82) is 0 Å². The molecule has 0 saturated heterocycles. The van der Waals surface area contributed by atoms with Gasteiger partial charge < -0.3 is 0 Å². The molecule has 78 valence electrons. The fourth-order valence-corrected chi connectivity index (χ4v) is 1.77. The van der Waals surface area contributed by atoms with Gasteiger partial charge in [-0.05, 0) is 19.3 Å². The van der Waals surface area contributed by atoms with Crippen LogP contribution in [0.4, 0.5) is 0 Å². The van der Waals surface area contributed by atoms with E-state index in [9.17, 15) is 0 Å². The molecular formula is C12H21N2+. The quantitative estimate of drug-likeness (QED) is 0.635. The fraction of sp³-hybridized carbons (Fsp3) is 0.667. The molecule has 2 heteroatoms. The van der Waals surface area contributed by atoms with Crippen molar-refractivity contribution < 1.29 is 4.57 Å². The van der Waals surface area contributed by atoms with E-state index in [1.165, 1.54) is 32.1 Å². The molecular weight excluding hydrogens is 172 g/mol. The predicted octanol–water partition coefficient (Wildman–Crippen LogP) is 2.90.